The molecule has 0 aromatic heterocycles. The molecule has 0 fully saturated rings. The quantitative estimate of drug-likeness (QED) is 0.545. The van der Waals surface area contributed by atoms with E-state index in [1.807, 2.05) is 12.1 Å². The molecule has 1 rings (SSSR count). The molecular weight excluding hydrogens is 154 g/mol. The van der Waals surface area contributed by atoms with Crippen LogP contribution in [0.5, 0.6) is 5.75 Å². The lowest BCUT2D eigenvalue weighted by molar-refractivity contribution is 0.215. The van der Waals surface area contributed by atoms with Gasteiger partial charge in [-0.15, -0.1) is 0 Å². The average Bonchev–Trinajstić information content (AvgIpc) is 2.09. The highest BCUT2D eigenvalue weighted by molar-refractivity contribution is 5.60. The summed E-state index contributed by atoms with van der Waals surface area (Å²) in [5.74, 6) is 0.280. The number of nitrogens with zero attached hydrogens (tertiary/aromatic N) is 1. The molecule has 12 heavy (non-hydrogen) atoms. The molecule has 0 saturated carbocycles. The van der Waals surface area contributed by atoms with E-state index >= 15 is 0 Å². The third-order valence-electron chi connectivity index (χ3n) is 1.44. The predicted molar refractivity (Wildman–Crippen MR) is 47.3 cm³/mol. The average molecular weight is 165 g/mol. The van der Waals surface area contributed by atoms with Crippen LogP contribution in [0.2, 0.25) is 0 Å². The fourth-order valence-electron chi connectivity index (χ4n) is 0.849. The number of benzene rings is 1. The van der Waals surface area contributed by atoms with Crippen molar-refractivity contribution in [1.82, 2.24) is 0 Å². The molecule has 0 saturated heterocycles. The summed E-state index contributed by atoms with van der Waals surface area (Å²) in [6.45, 7) is 0. The first-order valence-electron chi connectivity index (χ1n) is 3.66. The van der Waals surface area contributed by atoms with Crippen molar-refractivity contribution in [2.24, 2.45) is 5.16 Å². The van der Waals surface area contributed by atoms with Gasteiger partial charge in [-0.1, -0.05) is 17.3 Å². The van der Waals surface area contributed by atoms with E-state index in [4.69, 9.17) is 5.11 Å². The summed E-state index contributed by atoms with van der Waals surface area (Å²) in [5.41, 5.74) is 1.09. The molecule has 3 heteroatoms. The van der Waals surface area contributed by atoms with Crippen LogP contribution in [0.1, 0.15) is 5.56 Å². The Bertz CT molecular complexity index is 254. The first kappa shape index (κ1) is 8.59. The molecular formula is C9H11NO2. The van der Waals surface area contributed by atoms with Crippen LogP contribution in [0.4, 0.5) is 0 Å². The molecule has 0 radical (unpaired) electrons. The van der Waals surface area contributed by atoms with Gasteiger partial charge >= 0.3 is 0 Å². The van der Waals surface area contributed by atoms with Gasteiger partial charge in [0.2, 0.25) is 0 Å². The number of hydrogen-bond acceptors (Lipinski definition) is 3. The van der Waals surface area contributed by atoms with Gasteiger partial charge < -0.3 is 9.94 Å². The van der Waals surface area contributed by atoms with Gasteiger partial charge in [0.1, 0.15) is 12.9 Å². The number of oxime groups is 1. The normalized spacial score (nSPS) is 10.4. The molecule has 0 aliphatic heterocycles. The van der Waals surface area contributed by atoms with E-state index in [0.29, 0.717) is 6.42 Å². The lowest BCUT2D eigenvalue weighted by Gasteiger charge is -1.95. The zero-order chi connectivity index (χ0) is 8.81. The number of aromatic hydroxyl groups is 1. The zero-order valence-electron chi connectivity index (χ0n) is 6.90. The van der Waals surface area contributed by atoms with E-state index in [1.165, 1.54) is 7.11 Å². The Hall–Kier alpha value is -1.51. The summed E-state index contributed by atoms with van der Waals surface area (Å²) in [7, 11) is 1.51. The molecule has 0 bridgehead atoms. The second-order valence-corrected chi connectivity index (χ2v) is 2.34. The lowest BCUT2D eigenvalue weighted by Crippen LogP contribution is -1.85. The van der Waals surface area contributed by atoms with Crippen molar-refractivity contribution in [3.8, 4) is 5.75 Å². The summed E-state index contributed by atoms with van der Waals surface area (Å²) in [5, 5.41) is 12.6. The minimum Gasteiger partial charge on any atom is -0.508 e. The van der Waals surface area contributed by atoms with Crippen LogP contribution in [0.25, 0.3) is 0 Å². The van der Waals surface area contributed by atoms with Crippen LogP contribution >= 0.6 is 0 Å². The van der Waals surface area contributed by atoms with Gasteiger partial charge in [0.25, 0.3) is 0 Å². The van der Waals surface area contributed by atoms with Crippen molar-refractivity contribution in [1.29, 1.82) is 0 Å². The highest BCUT2D eigenvalue weighted by Gasteiger charge is 1.89. The van der Waals surface area contributed by atoms with Crippen LogP contribution in [-0.2, 0) is 11.3 Å². The molecule has 1 aromatic rings. The van der Waals surface area contributed by atoms with E-state index in [-0.39, 0.29) is 5.75 Å². The lowest BCUT2D eigenvalue weighted by atomic mass is 10.2. The van der Waals surface area contributed by atoms with E-state index < -0.39 is 0 Å². The monoisotopic (exact) mass is 165 g/mol. The van der Waals surface area contributed by atoms with Crippen LogP contribution in [0, 0.1) is 0 Å². The Kier molecular flexibility index (Phi) is 3.14. The third kappa shape index (κ3) is 2.62. The molecule has 0 aliphatic carbocycles. The Morgan fingerprint density at radius 1 is 1.42 bits per heavy atom. The second-order valence-electron chi connectivity index (χ2n) is 2.34. The summed E-state index contributed by atoms with van der Waals surface area (Å²) in [6.07, 6.45) is 2.39. The summed E-state index contributed by atoms with van der Waals surface area (Å²) in [4.78, 5) is 4.51. The maximum absolute atomic E-state index is 8.97. The van der Waals surface area contributed by atoms with Crippen molar-refractivity contribution >= 4 is 6.21 Å². The Morgan fingerprint density at radius 2 is 2.08 bits per heavy atom. The molecule has 0 heterocycles. The van der Waals surface area contributed by atoms with E-state index in [9.17, 15) is 0 Å². The maximum atomic E-state index is 8.97. The van der Waals surface area contributed by atoms with Gasteiger partial charge in [0.05, 0.1) is 0 Å². The molecule has 0 spiro atoms. The predicted octanol–water partition coefficient (Wildman–Crippen LogP) is 1.57. The van der Waals surface area contributed by atoms with Crippen LogP contribution in [-0.4, -0.2) is 18.4 Å². The number of hydrogen-bond donors (Lipinski definition) is 1. The highest BCUT2D eigenvalue weighted by atomic mass is 16.6. The summed E-state index contributed by atoms with van der Waals surface area (Å²) >= 11 is 0. The number of phenolic OH excluding ortho intramolecular Hbond substituents is 1. The smallest absolute Gasteiger partial charge is 0.115 e. The van der Waals surface area contributed by atoms with Crippen molar-refractivity contribution < 1.29 is 9.94 Å². The van der Waals surface area contributed by atoms with Crippen LogP contribution in [0.15, 0.2) is 29.4 Å². The molecule has 0 unspecified atom stereocenters. The minimum atomic E-state index is 0.280. The van der Waals surface area contributed by atoms with E-state index in [1.54, 1.807) is 18.3 Å². The first-order valence-corrected chi connectivity index (χ1v) is 3.66. The van der Waals surface area contributed by atoms with Crippen molar-refractivity contribution in [2.45, 2.75) is 6.42 Å². The second kappa shape index (κ2) is 4.38. The highest BCUT2D eigenvalue weighted by Crippen LogP contribution is 2.09. The van der Waals surface area contributed by atoms with Crippen molar-refractivity contribution in [3.63, 3.8) is 0 Å². The molecule has 0 amide bonds. The Balaban J connectivity index is 2.53. The molecule has 1 aromatic carbocycles. The van der Waals surface area contributed by atoms with Crippen molar-refractivity contribution in [2.75, 3.05) is 7.11 Å². The fourth-order valence-corrected chi connectivity index (χ4v) is 0.849. The molecule has 0 atom stereocenters. The number of phenols is 1. The standard InChI is InChI=1S/C9H11NO2/c1-12-10-7-6-8-2-4-9(11)5-3-8/h2-5,7,11H,6H2,1H3/b10-7-. The number of rotatable bonds is 3. The summed E-state index contributed by atoms with van der Waals surface area (Å²) < 4.78 is 0. The minimum absolute atomic E-state index is 0.280. The fraction of sp³-hybridized carbons (Fsp3) is 0.222. The van der Waals surface area contributed by atoms with Crippen LogP contribution < -0.4 is 0 Å². The molecule has 3 nitrogen and oxygen atoms in total. The van der Waals surface area contributed by atoms with Gasteiger partial charge in [-0.05, 0) is 17.7 Å². The summed E-state index contributed by atoms with van der Waals surface area (Å²) in [6, 6.07) is 6.99. The SMILES string of the molecule is CO/N=C\Cc1ccc(O)cc1. The topological polar surface area (TPSA) is 41.8 Å². The van der Waals surface area contributed by atoms with Crippen molar-refractivity contribution in [3.05, 3.63) is 29.8 Å². The third-order valence-corrected chi connectivity index (χ3v) is 1.44. The van der Waals surface area contributed by atoms with E-state index in [0.717, 1.165) is 5.56 Å². The van der Waals surface area contributed by atoms with E-state index in [2.05, 4.69) is 9.99 Å². The Labute approximate surface area is 71.3 Å². The van der Waals surface area contributed by atoms with Gasteiger partial charge in [-0.2, -0.15) is 0 Å². The van der Waals surface area contributed by atoms with Gasteiger partial charge in [0, 0.05) is 12.6 Å². The molecule has 1 N–H and O–H groups in total. The molecule has 64 valence electrons. The first-order chi connectivity index (χ1) is 5.83. The zero-order valence-corrected chi connectivity index (χ0v) is 6.90. The van der Waals surface area contributed by atoms with Gasteiger partial charge in [-0.3, -0.25) is 0 Å². The largest absolute Gasteiger partial charge is 0.508 e. The van der Waals surface area contributed by atoms with Crippen LogP contribution in [0.3, 0.4) is 0 Å². The molecule has 0 aliphatic rings. The maximum Gasteiger partial charge on any atom is 0.115 e. The van der Waals surface area contributed by atoms with Gasteiger partial charge in [0.15, 0.2) is 0 Å². The van der Waals surface area contributed by atoms with Gasteiger partial charge in [-0.25, -0.2) is 0 Å². The Morgan fingerprint density at radius 3 is 2.67 bits per heavy atom.